The van der Waals surface area contributed by atoms with Gasteiger partial charge in [-0.05, 0) is 25.0 Å². The number of carbonyl (C=O) groups excluding carboxylic acids is 1. The minimum Gasteiger partial charge on any atom is -0.378 e. The molecule has 4 rings (SSSR count). The molecular formula is C22H28FN5O3. The van der Waals surface area contributed by atoms with Crippen molar-refractivity contribution in [2.24, 2.45) is 0 Å². The van der Waals surface area contributed by atoms with Gasteiger partial charge in [0.05, 0.1) is 18.0 Å². The Morgan fingerprint density at radius 1 is 1.06 bits per heavy atom. The number of aromatic nitrogens is 2. The highest BCUT2D eigenvalue weighted by Gasteiger charge is 2.25. The zero-order chi connectivity index (χ0) is 21.8. The number of anilines is 2. The summed E-state index contributed by atoms with van der Waals surface area (Å²) in [5.41, 5.74) is 0.874. The van der Waals surface area contributed by atoms with Gasteiger partial charge in [-0.25, -0.2) is 9.37 Å². The molecule has 166 valence electrons. The molecule has 3 heterocycles. The number of ether oxygens (including phenoxy) is 1. The quantitative estimate of drug-likeness (QED) is 0.693. The van der Waals surface area contributed by atoms with Crippen molar-refractivity contribution in [3.05, 3.63) is 52.2 Å². The van der Waals surface area contributed by atoms with Crippen LogP contribution in [0.1, 0.15) is 18.5 Å². The first-order valence-electron chi connectivity index (χ1n) is 10.7. The third kappa shape index (κ3) is 4.71. The average molecular weight is 429 g/mol. The van der Waals surface area contributed by atoms with E-state index in [-0.39, 0.29) is 30.4 Å². The molecule has 2 aliphatic rings. The van der Waals surface area contributed by atoms with Crippen LogP contribution in [0.15, 0.2) is 35.1 Å². The van der Waals surface area contributed by atoms with Gasteiger partial charge >= 0.3 is 0 Å². The van der Waals surface area contributed by atoms with Crippen LogP contribution >= 0.6 is 0 Å². The van der Waals surface area contributed by atoms with Gasteiger partial charge < -0.3 is 19.4 Å². The molecule has 1 aromatic heterocycles. The Kier molecular flexibility index (Phi) is 6.50. The van der Waals surface area contributed by atoms with E-state index in [1.807, 2.05) is 11.0 Å². The summed E-state index contributed by atoms with van der Waals surface area (Å²) in [6.07, 6.45) is 2.08. The maximum Gasteiger partial charge on any atom is 0.255 e. The van der Waals surface area contributed by atoms with E-state index < -0.39 is 0 Å². The molecule has 0 N–H and O–H groups in total. The molecule has 0 atom stereocenters. The van der Waals surface area contributed by atoms with Crippen LogP contribution in [-0.2, 0) is 22.7 Å². The monoisotopic (exact) mass is 429 g/mol. The van der Waals surface area contributed by atoms with Crippen molar-refractivity contribution in [1.82, 2.24) is 14.5 Å². The lowest BCUT2D eigenvalue weighted by Gasteiger charge is -2.36. The summed E-state index contributed by atoms with van der Waals surface area (Å²) >= 11 is 0. The van der Waals surface area contributed by atoms with E-state index in [1.165, 1.54) is 16.7 Å². The predicted octanol–water partition coefficient (Wildman–Crippen LogP) is 1.48. The molecule has 0 aliphatic carbocycles. The minimum atomic E-state index is -0.258. The third-order valence-corrected chi connectivity index (χ3v) is 5.84. The SMILES string of the molecule is COCc1cc(=O)n(CC(=O)N2CCN(c3ccccc3F)CC2)c(N2CCCC2)n1. The largest absolute Gasteiger partial charge is 0.378 e. The van der Waals surface area contributed by atoms with Gasteiger partial charge in [-0.1, -0.05) is 12.1 Å². The van der Waals surface area contributed by atoms with E-state index >= 15 is 0 Å². The summed E-state index contributed by atoms with van der Waals surface area (Å²) in [6, 6.07) is 8.11. The third-order valence-electron chi connectivity index (χ3n) is 5.84. The van der Waals surface area contributed by atoms with E-state index in [0.29, 0.717) is 43.5 Å². The van der Waals surface area contributed by atoms with Crippen molar-refractivity contribution in [2.45, 2.75) is 26.0 Å². The normalized spacial score (nSPS) is 16.8. The first kappa shape index (κ1) is 21.3. The maximum absolute atomic E-state index is 14.1. The number of methoxy groups -OCH3 is 1. The number of benzene rings is 1. The molecule has 1 aromatic carbocycles. The van der Waals surface area contributed by atoms with E-state index in [0.717, 1.165) is 25.9 Å². The van der Waals surface area contributed by atoms with Gasteiger partial charge in [0, 0.05) is 52.4 Å². The van der Waals surface area contributed by atoms with Gasteiger partial charge in [0.1, 0.15) is 12.4 Å². The molecule has 2 fully saturated rings. The van der Waals surface area contributed by atoms with Gasteiger partial charge in [0.15, 0.2) is 0 Å². The number of rotatable bonds is 6. The average Bonchev–Trinajstić information content (AvgIpc) is 3.31. The fourth-order valence-electron chi connectivity index (χ4n) is 4.21. The molecule has 2 aliphatic heterocycles. The zero-order valence-corrected chi connectivity index (χ0v) is 17.8. The maximum atomic E-state index is 14.1. The molecule has 9 heteroatoms. The van der Waals surface area contributed by atoms with E-state index in [2.05, 4.69) is 9.88 Å². The van der Waals surface area contributed by atoms with E-state index in [9.17, 15) is 14.0 Å². The number of nitrogens with zero attached hydrogens (tertiary/aromatic N) is 5. The molecule has 2 aromatic rings. The smallest absolute Gasteiger partial charge is 0.255 e. The fraction of sp³-hybridized carbons (Fsp3) is 0.500. The Morgan fingerprint density at radius 2 is 1.77 bits per heavy atom. The van der Waals surface area contributed by atoms with E-state index in [4.69, 9.17) is 4.74 Å². The number of hydrogen-bond acceptors (Lipinski definition) is 6. The van der Waals surface area contributed by atoms with Crippen molar-refractivity contribution in [1.29, 1.82) is 0 Å². The molecular weight excluding hydrogens is 401 g/mol. The minimum absolute atomic E-state index is 0.0510. The molecule has 8 nitrogen and oxygen atoms in total. The Bertz CT molecular complexity index is 981. The van der Waals surface area contributed by atoms with Crippen LogP contribution in [0, 0.1) is 5.82 Å². The second-order valence-corrected chi connectivity index (χ2v) is 7.92. The predicted molar refractivity (Wildman–Crippen MR) is 116 cm³/mol. The summed E-state index contributed by atoms with van der Waals surface area (Å²) < 4.78 is 20.7. The van der Waals surface area contributed by atoms with Crippen LogP contribution in [0.5, 0.6) is 0 Å². The lowest BCUT2D eigenvalue weighted by atomic mass is 10.2. The van der Waals surface area contributed by atoms with Gasteiger partial charge in [-0.15, -0.1) is 0 Å². The summed E-state index contributed by atoms with van der Waals surface area (Å²) in [4.78, 5) is 36.2. The van der Waals surface area contributed by atoms with Crippen molar-refractivity contribution < 1.29 is 13.9 Å². The zero-order valence-electron chi connectivity index (χ0n) is 17.8. The molecule has 0 radical (unpaired) electrons. The second-order valence-electron chi connectivity index (χ2n) is 7.92. The van der Waals surface area contributed by atoms with Gasteiger partial charge in [-0.3, -0.25) is 14.2 Å². The number of piperazine rings is 1. The molecule has 0 bridgehead atoms. The number of hydrogen-bond donors (Lipinski definition) is 0. The highest BCUT2D eigenvalue weighted by Crippen LogP contribution is 2.21. The lowest BCUT2D eigenvalue weighted by molar-refractivity contribution is -0.132. The lowest BCUT2D eigenvalue weighted by Crippen LogP contribution is -2.50. The Hall–Kier alpha value is -2.94. The van der Waals surface area contributed by atoms with Crippen molar-refractivity contribution in [2.75, 3.05) is 56.2 Å². The number of para-hydroxylation sites is 1. The topological polar surface area (TPSA) is 70.9 Å². The van der Waals surface area contributed by atoms with Crippen molar-refractivity contribution in [3.63, 3.8) is 0 Å². The van der Waals surface area contributed by atoms with Gasteiger partial charge in [0.25, 0.3) is 5.56 Å². The van der Waals surface area contributed by atoms with E-state index in [1.54, 1.807) is 24.1 Å². The Balaban J connectivity index is 1.47. The van der Waals surface area contributed by atoms with Crippen molar-refractivity contribution >= 4 is 17.5 Å². The van der Waals surface area contributed by atoms with Gasteiger partial charge in [-0.2, -0.15) is 0 Å². The summed E-state index contributed by atoms with van der Waals surface area (Å²) in [6.45, 7) is 3.90. The van der Waals surface area contributed by atoms with Gasteiger partial charge in [0.2, 0.25) is 11.9 Å². The van der Waals surface area contributed by atoms with Crippen LogP contribution in [-0.4, -0.2) is 66.7 Å². The molecule has 31 heavy (non-hydrogen) atoms. The summed E-state index contributed by atoms with van der Waals surface area (Å²) in [5, 5.41) is 0. The second kappa shape index (κ2) is 9.47. The molecule has 0 saturated carbocycles. The van der Waals surface area contributed by atoms with Crippen LogP contribution in [0.3, 0.4) is 0 Å². The highest BCUT2D eigenvalue weighted by molar-refractivity contribution is 5.76. The van der Waals surface area contributed by atoms with Crippen LogP contribution in [0.25, 0.3) is 0 Å². The van der Waals surface area contributed by atoms with Crippen LogP contribution < -0.4 is 15.4 Å². The first-order valence-corrected chi connectivity index (χ1v) is 10.7. The molecule has 2 saturated heterocycles. The number of amides is 1. The standard InChI is InChI=1S/C22H28FN5O3/c1-31-16-17-14-20(29)28(22(24-17)27-8-4-5-9-27)15-21(30)26-12-10-25(11-13-26)19-7-3-2-6-18(19)23/h2-3,6-7,14H,4-5,8-13,15-16H2,1H3. The first-order chi connectivity index (χ1) is 15.1. The van der Waals surface area contributed by atoms with Crippen LogP contribution in [0.2, 0.25) is 0 Å². The number of carbonyl (C=O) groups is 1. The van der Waals surface area contributed by atoms with Crippen LogP contribution in [0.4, 0.5) is 16.0 Å². The van der Waals surface area contributed by atoms with Crippen molar-refractivity contribution in [3.8, 4) is 0 Å². The highest BCUT2D eigenvalue weighted by atomic mass is 19.1. The molecule has 0 unspecified atom stereocenters. The summed E-state index contributed by atoms with van der Waals surface area (Å²) in [5.74, 6) is 0.152. The molecule has 1 amide bonds. The number of halogens is 1. The fourth-order valence-corrected chi connectivity index (χ4v) is 4.21. The Labute approximate surface area is 180 Å². The summed E-state index contributed by atoms with van der Waals surface area (Å²) in [7, 11) is 1.56. The Morgan fingerprint density at radius 3 is 2.45 bits per heavy atom. The molecule has 0 spiro atoms.